The lowest BCUT2D eigenvalue weighted by Crippen LogP contribution is -1.92. The Morgan fingerprint density at radius 1 is 1.36 bits per heavy atom. The van der Waals surface area contributed by atoms with E-state index in [-0.39, 0.29) is 0 Å². The minimum Gasteiger partial charge on any atom is -0.104 e. The molecule has 0 fully saturated rings. The van der Waals surface area contributed by atoms with Crippen LogP contribution in [0.1, 0.15) is 5.56 Å². The predicted molar refractivity (Wildman–Crippen MR) is 49.8 cm³/mol. The fourth-order valence-electron chi connectivity index (χ4n) is 0.970. The average molecular weight is 158 g/mol. The molecule has 0 spiro atoms. The van der Waals surface area contributed by atoms with Crippen molar-refractivity contribution in [3.8, 4) is 0 Å². The van der Waals surface area contributed by atoms with Crippen LogP contribution >= 0.6 is 0 Å². The Labute approximate surface area is 76.4 Å². The maximum Gasteiger partial charge on any atom is 0.131 e. The van der Waals surface area contributed by atoms with Gasteiger partial charge >= 0.3 is 0 Å². The van der Waals surface area contributed by atoms with E-state index in [9.17, 15) is 0 Å². The Morgan fingerprint density at radius 2 is 2.00 bits per heavy atom. The molecule has 0 saturated carbocycles. The van der Waals surface area contributed by atoms with E-state index in [1.165, 1.54) is 5.56 Å². The molecule has 0 aliphatic rings. The van der Waals surface area contributed by atoms with Crippen LogP contribution in [0, 0.1) is 0 Å². The Morgan fingerprint density at radius 3 is 2.55 bits per heavy atom. The quantitative estimate of drug-likeness (QED) is 0.468. The molecule has 1 heteroatoms. The lowest BCUT2D eigenvalue weighted by molar-refractivity contribution is 0.997. The van der Waals surface area contributed by atoms with Crippen LogP contribution in [-0.4, -0.2) is 16.3 Å². The molecule has 0 N–H and O–H groups in total. The number of allylic oxidation sites excluding steroid dienone is 1. The molecule has 0 bridgehead atoms. The molecule has 1 rings (SSSR count). The van der Waals surface area contributed by atoms with E-state index in [1.54, 1.807) is 0 Å². The van der Waals surface area contributed by atoms with E-state index in [1.807, 2.05) is 12.1 Å². The summed E-state index contributed by atoms with van der Waals surface area (Å²) in [5, 5.41) is 0. The SMILES string of the molecule is C=C[CH]([Al])Cc1ccccc1. The number of hydrogen-bond acceptors (Lipinski definition) is 0. The Bertz CT molecular complexity index is 216. The van der Waals surface area contributed by atoms with Gasteiger partial charge in [-0.05, 0) is 12.0 Å². The van der Waals surface area contributed by atoms with Gasteiger partial charge in [0.05, 0.1) is 0 Å². The summed E-state index contributed by atoms with van der Waals surface area (Å²) in [5.74, 6) is 0. The second-order valence-corrected chi connectivity index (χ2v) is 3.45. The molecule has 54 valence electrons. The van der Waals surface area contributed by atoms with E-state index < -0.39 is 0 Å². The van der Waals surface area contributed by atoms with Crippen molar-refractivity contribution in [2.45, 2.75) is 11.2 Å². The van der Waals surface area contributed by atoms with Gasteiger partial charge in [0, 0.05) is 0 Å². The van der Waals surface area contributed by atoms with Crippen molar-refractivity contribution in [2.75, 3.05) is 0 Å². The van der Waals surface area contributed by atoms with Gasteiger partial charge in [-0.3, -0.25) is 0 Å². The van der Waals surface area contributed by atoms with Gasteiger partial charge in [-0.1, -0.05) is 35.1 Å². The van der Waals surface area contributed by atoms with Crippen LogP contribution < -0.4 is 0 Å². The third-order valence-electron chi connectivity index (χ3n) is 1.62. The molecule has 1 unspecified atom stereocenters. The van der Waals surface area contributed by atoms with Crippen LogP contribution in [-0.2, 0) is 6.42 Å². The number of benzene rings is 1. The molecule has 11 heavy (non-hydrogen) atoms. The average Bonchev–Trinajstić information content (AvgIpc) is 2.06. The summed E-state index contributed by atoms with van der Waals surface area (Å²) >= 11 is 2.76. The van der Waals surface area contributed by atoms with Crippen molar-refractivity contribution in [1.29, 1.82) is 0 Å². The van der Waals surface area contributed by atoms with Gasteiger partial charge in [-0.2, -0.15) is 0 Å². The van der Waals surface area contributed by atoms with Gasteiger partial charge < -0.3 is 0 Å². The molecule has 0 saturated heterocycles. The maximum atomic E-state index is 3.74. The molecule has 0 nitrogen and oxygen atoms in total. The molecule has 0 aliphatic heterocycles. The normalized spacial score (nSPS) is 12.4. The summed E-state index contributed by atoms with van der Waals surface area (Å²) in [6.45, 7) is 3.74. The van der Waals surface area contributed by atoms with E-state index >= 15 is 0 Å². The Hall–Kier alpha value is -0.508. The Kier molecular flexibility index (Phi) is 3.42. The fraction of sp³-hybridized carbons (Fsp3) is 0.200. The zero-order valence-electron chi connectivity index (χ0n) is 6.53. The van der Waals surface area contributed by atoms with Gasteiger partial charge in [0.1, 0.15) is 16.3 Å². The lowest BCUT2D eigenvalue weighted by Gasteiger charge is -2.05. The molecule has 1 aromatic carbocycles. The molecule has 2 radical (unpaired) electrons. The first-order valence-corrected chi connectivity index (χ1v) is 4.41. The van der Waals surface area contributed by atoms with Crippen molar-refractivity contribution < 1.29 is 0 Å². The summed E-state index contributed by atoms with van der Waals surface area (Å²) in [4.78, 5) is 0. The van der Waals surface area contributed by atoms with Gasteiger partial charge in [-0.15, -0.1) is 12.7 Å². The highest BCUT2D eigenvalue weighted by atomic mass is 27.0. The minimum absolute atomic E-state index is 0.498. The molecule has 1 atom stereocenters. The van der Waals surface area contributed by atoms with Crippen molar-refractivity contribution in [1.82, 2.24) is 0 Å². The summed E-state index contributed by atoms with van der Waals surface area (Å²) in [7, 11) is 0. The third-order valence-corrected chi connectivity index (χ3v) is 2.12. The summed E-state index contributed by atoms with van der Waals surface area (Å²) < 4.78 is 0.498. The zero-order chi connectivity index (χ0) is 8.10. The van der Waals surface area contributed by atoms with Gasteiger partial charge in [0.15, 0.2) is 0 Å². The molecular weight excluding hydrogens is 147 g/mol. The van der Waals surface area contributed by atoms with E-state index in [0.717, 1.165) is 6.42 Å². The Balaban J connectivity index is 2.57. The second kappa shape index (κ2) is 4.39. The van der Waals surface area contributed by atoms with Crippen LogP contribution in [0.25, 0.3) is 0 Å². The lowest BCUT2D eigenvalue weighted by atomic mass is 10.1. The highest BCUT2D eigenvalue weighted by molar-refractivity contribution is 6.13. The van der Waals surface area contributed by atoms with Crippen molar-refractivity contribution in [3.05, 3.63) is 48.6 Å². The first-order valence-electron chi connectivity index (χ1n) is 3.75. The second-order valence-electron chi connectivity index (χ2n) is 2.59. The summed E-state index contributed by atoms with van der Waals surface area (Å²) in [6.07, 6.45) is 3.02. The van der Waals surface area contributed by atoms with Gasteiger partial charge in [0.25, 0.3) is 0 Å². The highest BCUT2D eigenvalue weighted by Gasteiger charge is 1.95. The summed E-state index contributed by atoms with van der Waals surface area (Å²) in [6, 6.07) is 10.4. The molecule has 0 amide bonds. The van der Waals surface area contributed by atoms with Crippen LogP contribution in [0.4, 0.5) is 0 Å². The fourth-order valence-corrected chi connectivity index (χ4v) is 1.24. The van der Waals surface area contributed by atoms with Crippen LogP contribution in [0.3, 0.4) is 0 Å². The molecule has 0 aliphatic carbocycles. The first kappa shape index (κ1) is 8.59. The third kappa shape index (κ3) is 2.93. The standard InChI is InChI=1S/C10H11.Al/c1-2-3-7-10-8-5-4-6-9-10;/h2-6,8-9H,1,7H2;. The molecule has 0 heterocycles. The largest absolute Gasteiger partial charge is 0.131 e. The van der Waals surface area contributed by atoms with Crippen LogP contribution in [0.5, 0.6) is 0 Å². The van der Waals surface area contributed by atoms with Crippen LogP contribution in [0.2, 0.25) is 4.78 Å². The monoisotopic (exact) mass is 158 g/mol. The molecular formula is C10H11Al. The van der Waals surface area contributed by atoms with Gasteiger partial charge in [-0.25, -0.2) is 0 Å². The predicted octanol–water partition coefficient (Wildman–Crippen LogP) is 2.37. The van der Waals surface area contributed by atoms with Crippen LogP contribution in [0.15, 0.2) is 43.0 Å². The highest BCUT2D eigenvalue weighted by Crippen LogP contribution is 2.10. The first-order chi connectivity index (χ1) is 5.33. The van der Waals surface area contributed by atoms with Crippen molar-refractivity contribution >= 4 is 16.3 Å². The minimum atomic E-state index is 0.498. The molecule has 1 aromatic rings. The smallest absolute Gasteiger partial charge is 0.104 e. The van der Waals surface area contributed by atoms with E-state index in [0.29, 0.717) is 4.78 Å². The number of hydrogen-bond donors (Lipinski definition) is 0. The maximum absolute atomic E-state index is 3.74. The summed E-state index contributed by atoms with van der Waals surface area (Å²) in [5.41, 5.74) is 1.37. The van der Waals surface area contributed by atoms with E-state index in [4.69, 9.17) is 0 Å². The number of rotatable bonds is 3. The van der Waals surface area contributed by atoms with Crippen molar-refractivity contribution in [3.63, 3.8) is 0 Å². The van der Waals surface area contributed by atoms with E-state index in [2.05, 4.69) is 47.1 Å². The van der Waals surface area contributed by atoms with Gasteiger partial charge in [0.2, 0.25) is 0 Å². The zero-order valence-corrected chi connectivity index (χ0v) is 7.69. The topological polar surface area (TPSA) is 0 Å². The molecule has 0 aromatic heterocycles. The van der Waals surface area contributed by atoms with Crippen molar-refractivity contribution in [2.24, 2.45) is 0 Å².